The lowest BCUT2D eigenvalue weighted by Gasteiger charge is -2.43. The lowest BCUT2D eigenvalue weighted by molar-refractivity contribution is 0.0980. The van der Waals surface area contributed by atoms with Crippen molar-refractivity contribution in [2.45, 2.75) is 43.6 Å². The van der Waals surface area contributed by atoms with E-state index in [1.54, 1.807) is 0 Å². The van der Waals surface area contributed by atoms with Gasteiger partial charge in [-0.15, -0.1) is 0 Å². The van der Waals surface area contributed by atoms with Crippen LogP contribution in [0.1, 0.15) is 37.7 Å². The van der Waals surface area contributed by atoms with E-state index in [0.29, 0.717) is 11.5 Å². The molecule has 0 radical (unpaired) electrons. The highest BCUT2D eigenvalue weighted by Gasteiger charge is 2.37. The molecule has 18 heavy (non-hydrogen) atoms. The van der Waals surface area contributed by atoms with E-state index >= 15 is 0 Å². The molecule has 98 valence electrons. The van der Waals surface area contributed by atoms with Gasteiger partial charge >= 0.3 is 0 Å². The van der Waals surface area contributed by atoms with Gasteiger partial charge in [0, 0.05) is 25.1 Å². The zero-order valence-electron chi connectivity index (χ0n) is 11.0. The van der Waals surface area contributed by atoms with Gasteiger partial charge in [0.15, 0.2) is 0 Å². The lowest BCUT2D eigenvalue weighted by Crippen LogP contribution is -2.56. The third-order valence-electron chi connectivity index (χ3n) is 4.52. The number of ether oxygens (including phenoxy) is 1. The molecule has 2 aliphatic heterocycles. The van der Waals surface area contributed by atoms with Gasteiger partial charge < -0.3 is 10.1 Å². The lowest BCUT2D eigenvalue weighted by atomic mass is 9.71. The van der Waals surface area contributed by atoms with Crippen LogP contribution in [0.15, 0.2) is 30.3 Å². The number of nitrogens with one attached hydrogen (secondary N) is 1. The molecule has 2 nitrogen and oxygen atoms in total. The molecule has 1 atom stereocenters. The molecule has 1 unspecified atom stereocenters. The molecule has 0 spiro atoms. The van der Waals surface area contributed by atoms with Gasteiger partial charge in [0.1, 0.15) is 0 Å². The van der Waals surface area contributed by atoms with Crippen molar-refractivity contribution in [3.05, 3.63) is 35.9 Å². The minimum Gasteiger partial charge on any atom is -0.378 e. The summed E-state index contributed by atoms with van der Waals surface area (Å²) in [6.45, 7) is 3.27. The van der Waals surface area contributed by atoms with Crippen LogP contribution >= 0.6 is 0 Å². The van der Waals surface area contributed by atoms with E-state index in [1.807, 2.05) is 0 Å². The van der Waals surface area contributed by atoms with Crippen molar-refractivity contribution in [2.24, 2.45) is 0 Å². The maximum Gasteiger partial charge on any atom is 0.0576 e. The summed E-state index contributed by atoms with van der Waals surface area (Å²) in [5.41, 5.74) is 1.91. The summed E-state index contributed by atoms with van der Waals surface area (Å²) in [5.74, 6) is 0. The molecule has 1 N–H and O–H groups in total. The van der Waals surface area contributed by atoms with Crippen LogP contribution in [0.5, 0.6) is 0 Å². The highest BCUT2D eigenvalue weighted by Crippen LogP contribution is 2.34. The third-order valence-corrected chi connectivity index (χ3v) is 4.52. The van der Waals surface area contributed by atoms with Gasteiger partial charge in [0.05, 0.1) is 6.10 Å². The smallest absolute Gasteiger partial charge is 0.0576 e. The largest absolute Gasteiger partial charge is 0.378 e. The second-order valence-electron chi connectivity index (χ2n) is 5.78. The Kier molecular flexibility index (Phi) is 3.67. The Morgan fingerprint density at radius 3 is 2.67 bits per heavy atom. The molecule has 1 aromatic rings. The Hall–Kier alpha value is -0.860. The molecule has 0 aliphatic carbocycles. The highest BCUT2D eigenvalue weighted by molar-refractivity contribution is 5.29. The molecule has 0 bridgehead atoms. The van der Waals surface area contributed by atoms with E-state index in [2.05, 4.69) is 35.6 Å². The first kappa shape index (κ1) is 12.2. The zero-order chi connectivity index (χ0) is 12.3. The molecule has 2 saturated heterocycles. The molecule has 2 fully saturated rings. The Morgan fingerprint density at radius 1 is 1.22 bits per heavy atom. The SMILES string of the molecule is c1ccc(C2(CCCC3CCCO3)CNC2)cc1. The van der Waals surface area contributed by atoms with Gasteiger partial charge in [-0.05, 0) is 37.7 Å². The summed E-state index contributed by atoms with van der Waals surface area (Å²) < 4.78 is 5.71. The molecule has 0 amide bonds. The number of hydrogen-bond donors (Lipinski definition) is 1. The minimum atomic E-state index is 0.403. The van der Waals surface area contributed by atoms with Crippen molar-refractivity contribution < 1.29 is 4.74 Å². The van der Waals surface area contributed by atoms with Crippen LogP contribution in [-0.4, -0.2) is 25.8 Å². The number of hydrogen-bond acceptors (Lipinski definition) is 2. The second-order valence-corrected chi connectivity index (χ2v) is 5.78. The van der Waals surface area contributed by atoms with Crippen molar-refractivity contribution in [1.82, 2.24) is 5.32 Å². The van der Waals surface area contributed by atoms with E-state index in [0.717, 1.165) is 19.7 Å². The van der Waals surface area contributed by atoms with E-state index in [-0.39, 0.29) is 0 Å². The van der Waals surface area contributed by atoms with Gasteiger partial charge in [0.25, 0.3) is 0 Å². The van der Waals surface area contributed by atoms with Crippen molar-refractivity contribution in [3.63, 3.8) is 0 Å². The fourth-order valence-corrected chi connectivity index (χ4v) is 3.28. The fraction of sp³-hybridized carbons (Fsp3) is 0.625. The summed E-state index contributed by atoms with van der Waals surface area (Å²) in [7, 11) is 0. The molecule has 3 rings (SSSR count). The highest BCUT2D eigenvalue weighted by atomic mass is 16.5. The summed E-state index contributed by atoms with van der Waals surface area (Å²) in [6, 6.07) is 11.0. The standard InChI is InChI=1S/C16H23NO/c1-2-6-14(7-3-1)16(12-17-13-16)10-4-8-15-9-5-11-18-15/h1-3,6-7,15,17H,4-5,8-13H2. The van der Waals surface area contributed by atoms with Gasteiger partial charge in [-0.25, -0.2) is 0 Å². The van der Waals surface area contributed by atoms with Crippen LogP contribution < -0.4 is 5.32 Å². The van der Waals surface area contributed by atoms with Crippen molar-refractivity contribution in [3.8, 4) is 0 Å². The first-order valence-electron chi connectivity index (χ1n) is 7.27. The van der Waals surface area contributed by atoms with Gasteiger partial charge in [-0.3, -0.25) is 0 Å². The molecule has 2 heterocycles. The Balaban J connectivity index is 1.55. The van der Waals surface area contributed by atoms with E-state index < -0.39 is 0 Å². The fourth-order valence-electron chi connectivity index (χ4n) is 3.28. The van der Waals surface area contributed by atoms with Crippen molar-refractivity contribution >= 4 is 0 Å². The van der Waals surface area contributed by atoms with Crippen LogP contribution in [0.4, 0.5) is 0 Å². The summed E-state index contributed by atoms with van der Waals surface area (Å²) in [6.07, 6.45) is 6.91. The normalized spacial score (nSPS) is 25.9. The van der Waals surface area contributed by atoms with Crippen LogP contribution in [0.2, 0.25) is 0 Å². The van der Waals surface area contributed by atoms with Gasteiger partial charge in [-0.1, -0.05) is 30.3 Å². The van der Waals surface area contributed by atoms with Crippen LogP contribution in [0.25, 0.3) is 0 Å². The quantitative estimate of drug-likeness (QED) is 0.861. The van der Waals surface area contributed by atoms with Crippen LogP contribution in [0.3, 0.4) is 0 Å². The predicted octanol–water partition coefficient (Wildman–Crippen LogP) is 2.88. The monoisotopic (exact) mass is 245 g/mol. The first-order chi connectivity index (χ1) is 8.89. The van der Waals surface area contributed by atoms with Gasteiger partial charge in [0.2, 0.25) is 0 Å². The molecule has 2 heteroatoms. The second kappa shape index (κ2) is 5.41. The van der Waals surface area contributed by atoms with Gasteiger partial charge in [-0.2, -0.15) is 0 Å². The maximum atomic E-state index is 5.71. The molecule has 0 aromatic heterocycles. The van der Waals surface area contributed by atoms with E-state index in [1.165, 1.54) is 37.7 Å². The molecular formula is C16H23NO. The molecule has 0 saturated carbocycles. The van der Waals surface area contributed by atoms with Crippen molar-refractivity contribution in [2.75, 3.05) is 19.7 Å². The zero-order valence-corrected chi connectivity index (χ0v) is 11.0. The first-order valence-corrected chi connectivity index (χ1v) is 7.27. The number of rotatable bonds is 5. The third kappa shape index (κ3) is 2.45. The van der Waals surface area contributed by atoms with Crippen LogP contribution in [-0.2, 0) is 10.2 Å². The Labute approximate surface area is 110 Å². The average molecular weight is 245 g/mol. The van der Waals surface area contributed by atoms with Crippen molar-refractivity contribution in [1.29, 1.82) is 0 Å². The number of benzene rings is 1. The molecular weight excluding hydrogens is 222 g/mol. The summed E-state index contributed by atoms with van der Waals surface area (Å²) in [5, 5.41) is 3.45. The maximum absolute atomic E-state index is 5.71. The average Bonchev–Trinajstić information content (AvgIpc) is 2.87. The van der Waals surface area contributed by atoms with Crippen LogP contribution in [0, 0.1) is 0 Å². The minimum absolute atomic E-state index is 0.403. The summed E-state index contributed by atoms with van der Waals surface area (Å²) in [4.78, 5) is 0. The Morgan fingerprint density at radius 2 is 2.06 bits per heavy atom. The Bertz CT molecular complexity index is 366. The summed E-state index contributed by atoms with van der Waals surface area (Å²) >= 11 is 0. The predicted molar refractivity (Wildman–Crippen MR) is 73.8 cm³/mol. The molecule has 2 aliphatic rings. The molecule has 1 aromatic carbocycles. The van der Waals surface area contributed by atoms with E-state index in [9.17, 15) is 0 Å². The topological polar surface area (TPSA) is 21.3 Å². The van der Waals surface area contributed by atoms with E-state index in [4.69, 9.17) is 4.74 Å².